The number of rotatable bonds is 5. The highest BCUT2D eigenvalue weighted by Crippen LogP contribution is 1.92. The molecule has 0 aliphatic heterocycles. The van der Waals surface area contributed by atoms with E-state index in [1.54, 1.807) is 6.08 Å². The molecule has 0 rings (SSSR count). The molecule has 3 heteroatoms. The van der Waals surface area contributed by atoms with Gasteiger partial charge in [0.1, 0.15) is 6.29 Å². The van der Waals surface area contributed by atoms with Crippen molar-refractivity contribution >= 4 is 12.3 Å². The summed E-state index contributed by atoms with van der Waals surface area (Å²) < 4.78 is 0. The van der Waals surface area contributed by atoms with Crippen LogP contribution in [0.25, 0.3) is 0 Å². The fourth-order valence-corrected chi connectivity index (χ4v) is 0.503. The van der Waals surface area contributed by atoms with Crippen molar-refractivity contribution in [1.29, 1.82) is 0 Å². The number of aldehydes is 1. The van der Waals surface area contributed by atoms with Gasteiger partial charge in [-0.15, -0.1) is 0 Å². The van der Waals surface area contributed by atoms with Gasteiger partial charge >= 0.3 is 5.97 Å². The monoisotopic (exact) mass is 142 g/mol. The van der Waals surface area contributed by atoms with Crippen molar-refractivity contribution in [1.82, 2.24) is 0 Å². The number of hydrogen-bond donors (Lipinski definition) is 1. The highest BCUT2D eigenvalue weighted by atomic mass is 16.4. The first-order valence-corrected chi connectivity index (χ1v) is 3.10. The van der Waals surface area contributed by atoms with Gasteiger partial charge < -0.3 is 9.90 Å². The van der Waals surface area contributed by atoms with E-state index in [1.807, 2.05) is 0 Å². The van der Waals surface area contributed by atoms with E-state index >= 15 is 0 Å². The highest BCUT2D eigenvalue weighted by molar-refractivity contribution is 5.79. The first kappa shape index (κ1) is 8.88. The second kappa shape index (κ2) is 6.01. The third kappa shape index (κ3) is 6.88. The van der Waals surface area contributed by atoms with E-state index in [0.717, 1.165) is 18.8 Å². The molecule has 0 amide bonds. The predicted octanol–water partition coefficient (Wildman–Crippen LogP) is 0.996. The van der Waals surface area contributed by atoms with Crippen LogP contribution in [-0.2, 0) is 9.59 Å². The molecule has 0 aromatic heterocycles. The molecular formula is C7H10O3. The molecule has 0 saturated heterocycles. The van der Waals surface area contributed by atoms with Crippen LogP contribution in [0.4, 0.5) is 0 Å². The molecule has 0 heterocycles. The Morgan fingerprint density at radius 1 is 1.40 bits per heavy atom. The van der Waals surface area contributed by atoms with E-state index < -0.39 is 5.97 Å². The van der Waals surface area contributed by atoms with Crippen LogP contribution in [-0.4, -0.2) is 17.4 Å². The Labute approximate surface area is 59.4 Å². The van der Waals surface area contributed by atoms with Crippen molar-refractivity contribution in [3.05, 3.63) is 12.2 Å². The predicted molar refractivity (Wildman–Crippen MR) is 36.7 cm³/mol. The molecule has 0 aromatic carbocycles. The number of unbranched alkanes of at least 4 members (excludes halogenated alkanes) is 2. The molecule has 3 nitrogen and oxygen atoms in total. The lowest BCUT2D eigenvalue weighted by molar-refractivity contribution is -0.131. The topological polar surface area (TPSA) is 54.4 Å². The van der Waals surface area contributed by atoms with Gasteiger partial charge in [-0.1, -0.05) is 6.08 Å². The van der Waals surface area contributed by atoms with Crippen LogP contribution in [0.15, 0.2) is 12.2 Å². The van der Waals surface area contributed by atoms with E-state index in [4.69, 9.17) is 5.11 Å². The van der Waals surface area contributed by atoms with Crippen molar-refractivity contribution in [2.45, 2.75) is 19.3 Å². The number of hydrogen-bond acceptors (Lipinski definition) is 2. The molecule has 56 valence electrons. The van der Waals surface area contributed by atoms with Gasteiger partial charge in [0.05, 0.1) is 0 Å². The first-order valence-electron chi connectivity index (χ1n) is 3.10. The molecule has 0 fully saturated rings. The van der Waals surface area contributed by atoms with Crippen LogP contribution < -0.4 is 0 Å². The van der Waals surface area contributed by atoms with Gasteiger partial charge in [0.15, 0.2) is 0 Å². The first-order chi connectivity index (χ1) is 4.77. The number of aliphatic carboxylic acids is 1. The summed E-state index contributed by atoms with van der Waals surface area (Å²) in [6.07, 6.45) is 5.35. The van der Waals surface area contributed by atoms with Crippen LogP contribution >= 0.6 is 0 Å². The lowest BCUT2D eigenvalue weighted by atomic mass is 10.2. The molecule has 0 spiro atoms. The van der Waals surface area contributed by atoms with Crippen molar-refractivity contribution in [3.8, 4) is 0 Å². The Bertz CT molecular complexity index is 138. The molecule has 0 atom stereocenters. The number of carboxylic acid groups (broad SMARTS) is 1. The summed E-state index contributed by atoms with van der Waals surface area (Å²) in [5.41, 5.74) is 0. The maximum Gasteiger partial charge on any atom is 0.327 e. The van der Waals surface area contributed by atoms with Gasteiger partial charge in [0, 0.05) is 12.5 Å². The molecule has 0 bridgehead atoms. The third-order valence-electron chi connectivity index (χ3n) is 0.953. The van der Waals surface area contributed by atoms with Crippen molar-refractivity contribution < 1.29 is 14.7 Å². The molecule has 0 aromatic rings. The van der Waals surface area contributed by atoms with Gasteiger partial charge in [0.2, 0.25) is 0 Å². The van der Waals surface area contributed by atoms with Crippen LogP contribution in [0, 0.1) is 0 Å². The SMILES string of the molecule is O=CCCC/C=C\C(=O)O. The Morgan fingerprint density at radius 3 is 2.60 bits per heavy atom. The molecule has 10 heavy (non-hydrogen) atoms. The minimum atomic E-state index is -0.939. The third-order valence-corrected chi connectivity index (χ3v) is 0.953. The quantitative estimate of drug-likeness (QED) is 0.354. The smallest absolute Gasteiger partial charge is 0.327 e. The molecule has 1 N–H and O–H groups in total. The zero-order valence-corrected chi connectivity index (χ0v) is 5.62. The molecule has 0 saturated carbocycles. The second-order valence-corrected chi connectivity index (χ2v) is 1.84. The van der Waals surface area contributed by atoms with Crippen LogP contribution in [0.1, 0.15) is 19.3 Å². The van der Waals surface area contributed by atoms with Gasteiger partial charge in [-0.2, -0.15) is 0 Å². The second-order valence-electron chi connectivity index (χ2n) is 1.84. The van der Waals surface area contributed by atoms with E-state index in [9.17, 15) is 9.59 Å². The average molecular weight is 142 g/mol. The number of allylic oxidation sites excluding steroid dienone is 1. The molecular weight excluding hydrogens is 132 g/mol. The standard InChI is InChI=1S/C7H10O3/c8-6-4-2-1-3-5-7(9)10/h3,5-6H,1-2,4H2,(H,9,10)/b5-3-. The van der Waals surface area contributed by atoms with Gasteiger partial charge in [-0.3, -0.25) is 0 Å². The van der Waals surface area contributed by atoms with Gasteiger partial charge in [0.25, 0.3) is 0 Å². The summed E-state index contributed by atoms with van der Waals surface area (Å²) in [6, 6.07) is 0. The minimum Gasteiger partial charge on any atom is -0.478 e. The van der Waals surface area contributed by atoms with E-state index in [1.165, 1.54) is 0 Å². The zero-order valence-electron chi connectivity index (χ0n) is 5.62. The summed E-state index contributed by atoms with van der Waals surface area (Å²) in [5, 5.41) is 8.11. The van der Waals surface area contributed by atoms with E-state index in [-0.39, 0.29) is 0 Å². The maximum atomic E-state index is 9.88. The highest BCUT2D eigenvalue weighted by Gasteiger charge is 1.84. The Morgan fingerprint density at radius 2 is 2.10 bits per heavy atom. The van der Waals surface area contributed by atoms with Gasteiger partial charge in [-0.05, 0) is 12.8 Å². The molecule has 0 unspecified atom stereocenters. The summed E-state index contributed by atoms with van der Waals surface area (Å²) in [4.78, 5) is 19.6. The van der Waals surface area contributed by atoms with Crippen LogP contribution in [0.3, 0.4) is 0 Å². The molecule has 0 aliphatic carbocycles. The zero-order chi connectivity index (χ0) is 7.82. The molecule has 0 aliphatic rings. The summed E-state index contributed by atoms with van der Waals surface area (Å²) in [6.45, 7) is 0. The maximum absolute atomic E-state index is 9.88. The fourth-order valence-electron chi connectivity index (χ4n) is 0.503. The summed E-state index contributed by atoms with van der Waals surface area (Å²) >= 11 is 0. The van der Waals surface area contributed by atoms with Crippen molar-refractivity contribution in [2.24, 2.45) is 0 Å². The lowest BCUT2D eigenvalue weighted by Gasteiger charge is -1.84. The van der Waals surface area contributed by atoms with E-state index in [2.05, 4.69) is 0 Å². The Hall–Kier alpha value is -1.12. The van der Waals surface area contributed by atoms with Gasteiger partial charge in [-0.25, -0.2) is 4.79 Å². The number of carbonyl (C=O) groups excluding carboxylic acids is 1. The van der Waals surface area contributed by atoms with Crippen molar-refractivity contribution in [2.75, 3.05) is 0 Å². The summed E-state index contributed by atoms with van der Waals surface area (Å²) in [5.74, 6) is -0.939. The largest absolute Gasteiger partial charge is 0.478 e. The van der Waals surface area contributed by atoms with Crippen molar-refractivity contribution in [3.63, 3.8) is 0 Å². The Kier molecular flexibility index (Phi) is 5.33. The number of carboxylic acids is 1. The average Bonchev–Trinajstić information content (AvgIpc) is 1.87. The number of carbonyl (C=O) groups is 2. The normalized spacial score (nSPS) is 10.0. The minimum absolute atomic E-state index is 0.504. The summed E-state index contributed by atoms with van der Waals surface area (Å²) in [7, 11) is 0. The molecule has 0 radical (unpaired) electrons. The fraction of sp³-hybridized carbons (Fsp3) is 0.429. The Balaban J connectivity index is 3.18. The van der Waals surface area contributed by atoms with Crippen LogP contribution in [0.5, 0.6) is 0 Å². The van der Waals surface area contributed by atoms with E-state index in [0.29, 0.717) is 12.8 Å². The lowest BCUT2D eigenvalue weighted by Crippen LogP contribution is -1.85. The van der Waals surface area contributed by atoms with Crippen LogP contribution in [0.2, 0.25) is 0 Å².